The zero-order valence-corrected chi connectivity index (χ0v) is 19.1. The molecule has 4 aliphatic heterocycles. The van der Waals surface area contributed by atoms with Gasteiger partial charge in [-0.15, -0.1) is 11.8 Å². The number of aliphatic hydroxyl groups excluding tert-OH is 2. The lowest BCUT2D eigenvalue weighted by Gasteiger charge is -2.46. The van der Waals surface area contributed by atoms with Gasteiger partial charge in [-0.3, -0.25) is 9.59 Å². The highest BCUT2D eigenvalue weighted by Crippen LogP contribution is 2.51. The van der Waals surface area contributed by atoms with Gasteiger partial charge in [-0.05, 0) is 19.8 Å². The fourth-order valence-corrected chi connectivity index (χ4v) is 6.93. The van der Waals surface area contributed by atoms with Crippen molar-refractivity contribution in [1.82, 2.24) is 15.1 Å². The van der Waals surface area contributed by atoms with Crippen molar-refractivity contribution in [2.75, 3.05) is 19.6 Å². The first-order chi connectivity index (χ1) is 15.1. The van der Waals surface area contributed by atoms with Crippen LogP contribution in [0.25, 0.3) is 0 Å². The maximum Gasteiger partial charge on any atom is 0.353 e. The number of rotatable bonds is 7. The van der Waals surface area contributed by atoms with Crippen molar-refractivity contribution >= 4 is 29.5 Å². The van der Waals surface area contributed by atoms with E-state index in [2.05, 4.69) is 5.32 Å². The van der Waals surface area contributed by atoms with E-state index >= 15 is 0 Å². The van der Waals surface area contributed by atoms with Gasteiger partial charge in [0.05, 0.1) is 30.6 Å². The van der Waals surface area contributed by atoms with Gasteiger partial charge in [-0.25, -0.2) is 4.79 Å². The molecule has 11 heteroatoms. The highest BCUT2D eigenvalue weighted by atomic mass is 32.2. The molecule has 3 fully saturated rings. The number of nitrogens with one attached hydrogen (secondary N) is 1. The monoisotopic (exact) mass is 468 g/mol. The van der Waals surface area contributed by atoms with Gasteiger partial charge in [0.15, 0.2) is 0 Å². The lowest BCUT2D eigenvalue weighted by molar-refractivity contribution is -0.163. The van der Waals surface area contributed by atoms with Crippen LogP contribution in [0.3, 0.4) is 0 Å². The molecule has 0 aromatic rings. The molecule has 2 amide bonds. The van der Waals surface area contributed by atoms with E-state index in [1.165, 1.54) is 16.7 Å². The smallest absolute Gasteiger partial charge is 0.353 e. The van der Waals surface area contributed by atoms with Crippen molar-refractivity contribution in [3.05, 3.63) is 10.6 Å². The summed E-state index contributed by atoms with van der Waals surface area (Å²) in [5, 5.41) is 33.6. The number of aliphatic hydroxyl groups is 2. The molecule has 4 aliphatic rings. The van der Waals surface area contributed by atoms with Crippen LogP contribution in [0.15, 0.2) is 10.6 Å². The Kier molecular flexibility index (Phi) is 6.56. The Labute approximate surface area is 191 Å². The number of thioether (sulfide) groups is 1. The van der Waals surface area contributed by atoms with Crippen LogP contribution in [-0.2, 0) is 14.4 Å². The molecule has 0 radical (unpaired) electrons. The summed E-state index contributed by atoms with van der Waals surface area (Å²) in [5.74, 6) is -2.36. The Morgan fingerprint density at radius 3 is 2.66 bits per heavy atom. The second kappa shape index (κ2) is 8.94. The van der Waals surface area contributed by atoms with Crippen LogP contribution >= 0.6 is 11.8 Å². The predicted octanol–water partition coefficient (Wildman–Crippen LogP) is -1.09. The molecule has 178 valence electrons. The number of carbonyl (C=O) groups excluding carboxylic acids is 2. The molecule has 0 spiro atoms. The van der Waals surface area contributed by atoms with E-state index in [0.29, 0.717) is 31.0 Å². The first kappa shape index (κ1) is 23.5. The third-order valence-corrected chi connectivity index (χ3v) is 8.67. The standard InChI is InChI=1S/C21H32N4O6S/c1-9-17-16(10(2)26)20(29)25(17)18(21(30)31)19(9)32-12-5-13(23-7-12)14(27)6-15(28)24-4-3-11(22)8-24/h9-14,16-17,23,26-27H,3-8,22H2,1-2H3,(H,30,31)/t9-,10-,11-,12+,13+,14?,16-,17-/m1/s1. The van der Waals surface area contributed by atoms with Crippen molar-refractivity contribution in [1.29, 1.82) is 0 Å². The second-order valence-corrected chi connectivity index (χ2v) is 10.8. The van der Waals surface area contributed by atoms with E-state index < -0.39 is 24.1 Å². The molecule has 6 N–H and O–H groups in total. The Hall–Kier alpha value is -1.66. The number of nitrogens with zero attached hydrogens (tertiary/aromatic N) is 2. The first-order valence-corrected chi connectivity index (χ1v) is 12.1. The summed E-state index contributed by atoms with van der Waals surface area (Å²) in [5.41, 5.74) is 5.87. The second-order valence-electron chi connectivity index (χ2n) is 9.42. The number of likely N-dealkylation sites (tertiary alicyclic amines) is 1. The van der Waals surface area contributed by atoms with Gasteiger partial charge in [-0.2, -0.15) is 0 Å². The van der Waals surface area contributed by atoms with Gasteiger partial charge in [0.25, 0.3) is 0 Å². The summed E-state index contributed by atoms with van der Waals surface area (Å²) in [6.07, 6.45) is -0.277. The van der Waals surface area contributed by atoms with E-state index in [9.17, 15) is 29.7 Å². The Morgan fingerprint density at radius 2 is 2.06 bits per heavy atom. The SMILES string of the molecule is C[C@@H](O)[C@H]1C(=O)N2C(C(=O)O)=C(S[C@@H]3CN[C@H](C(O)CC(=O)N4CC[C@@H](N)C4)C3)[C@H](C)[C@H]12. The van der Waals surface area contributed by atoms with Crippen molar-refractivity contribution in [3.8, 4) is 0 Å². The molecule has 10 nitrogen and oxygen atoms in total. The Morgan fingerprint density at radius 1 is 1.34 bits per heavy atom. The van der Waals surface area contributed by atoms with Gasteiger partial charge < -0.3 is 36.2 Å². The highest BCUT2D eigenvalue weighted by molar-refractivity contribution is 8.03. The number of β-lactam (4-membered cyclic amide) rings is 1. The lowest BCUT2D eigenvalue weighted by Crippen LogP contribution is -2.63. The molecule has 4 heterocycles. The Bertz CT molecular complexity index is 835. The molecular weight excluding hydrogens is 436 g/mol. The molecule has 1 unspecified atom stereocenters. The largest absolute Gasteiger partial charge is 0.477 e. The van der Waals surface area contributed by atoms with Crippen LogP contribution in [0.4, 0.5) is 0 Å². The van der Waals surface area contributed by atoms with E-state index in [4.69, 9.17) is 5.73 Å². The van der Waals surface area contributed by atoms with Gasteiger partial charge in [-0.1, -0.05) is 6.92 Å². The van der Waals surface area contributed by atoms with E-state index in [0.717, 1.165) is 6.42 Å². The summed E-state index contributed by atoms with van der Waals surface area (Å²) in [6, 6.07) is -0.601. The van der Waals surface area contributed by atoms with Crippen molar-refractivity contribution in [2.45, 2.75) is 68.7 Å². The number of hydrogen-bond donors (Lipinski definition) is 5. The fraction of sp³-hybridized carbons (Fsp3) is 0.762. The summed E-state index contributed by atoms with van der Waals surface area (Å²) >= 11 is 1.43. The highest BCUT2D eigenvalue weighted by Gasteiger charge is 2.60. The number of carbonyl (C=O) groups is 3. The van der Waals surface area contributed by atoms with Crippen LogP contribution in [0.2, 0.25) is 0 Å². The zero-order valence-electron chi connectivity index (χ0n) is 18.3. The number of fused-ring (bicyclic) bond motifs is 1. The number of hydrogen-bond acceptors (Lipinski definition) is 8. The molecule has 8 atom stereocenters. The molecule has 0 aromatic heterocycles. The van der Waals surface area contributed by atoms with Crippen molar-refractivity contribution in [3.63, 3.8) is 0 Å². The summed E-state index contributed by atoms with van der Waals surface area (Å²) in [7, 11) is 0. The minimum Gasteiger partial charge on any atom is -0.477 e. The van der Waals surface area contributed by atoms with E-state index in [-0.39, 0.29) is 53.2 Å². The molecule has 0 aromatic carbocycles. The normalized spacial score (nSPS) is 36.3. The van der Waals surface area contributed by atoms with Gasteiger partial charge in [0, 0.05) is 47.8 Å². The third-order valence-electron chi connectivity index (χ3n) is 7.15. The molecule has 3 saturated heterocycles. The van der Waals surface area contributed by atoms with Crippen molar-refractivity contribution < 1.29 is 29.7 Å². The molecular formula is C21H32N4O6S. The molecule has 0 bridgehead atoms. The van der Waals surface area contributed by atoms with Crippen LogP contribution in [0, 0.1) is 11.8 Å². The number of amides is 2. The van der Waals surface area contributed by atoms with Gasteiger partial charge in [0.2, 0.25) is 11.8 Å². The zero-order chi connectivity index (χ0) is 23.3. The van der Waals surface area contributed by atoms with Crippen LogP contribution in [0.1, 0.15) is 33.1 Å². The average Bonchev–Trinajstić information content (AvgIpc) is 3.40. The molecule has 4 rings (SSSR count). The summed E-state index contributed by atoms with van der Waals surface area (Å²) in [4.78, 5) is 40.5. The maximum atomic E-state index is 12.5. The number of aliphatic carboxylic acids is 1. The number of carboxylic acid groups (broad SMARTS) is 1. The molecule has 0 aliphatic carbocycles. The molecule has 32 heavy (non-hydrogen) atoms. The fourth-order valence-electron chi connectivity index (χ4n) is 5.44. The van der Waals surface area contributed by atoms with Gasteiger partial charge in [0.1, 0.15) is 5.70 Å². The minimum atomic E-state index is -1.14. The lowest BCUT2D eigenvalue weighted by atomic mass is 9.79. The number of carboxylic acids is 1. The van der Waals surface area contributed by atoms with Crippen LogP contribution < -0.4 is 11.1 Å². The average molecular weight is 469 g/mol. The van der Waals surface area contributed by atoms with Crippen LogP contribution in [0.5, 0.6) is 0 Å². The Balaban J connectivity index is 1.38. The summed E-state index contributed by atoms with van der Waals surface area (Å²) < 4.78 is 0. The molecule has 0 saturated carbocycles. The quantitative estimate of drug-likeness (QED) is 0.293. The van der Waals surface area contributed by atoms with E-state index in [1.54, 1.807) is 11.8 Å². The van der Waals surface area contributed by atoms with E-state index in [1.807, 2.05) is 6.92 Å². The minimum absolute atomic E-state index is 0.00193. The number of nitrogens with two attached hydrogens (primary N) is 1. The third kappa shape index (κ3) is 4.05. The van der Waals surface area contributed by atoms with Crippen LogP contribution in [-0.4, -0.2) is 98.1 Å². The summed E-state index contributed by atoms with van der Waals surface area (Å²) in [6.45, 7) is 5.16. The predicted molar refractivity (Wildman–Crippen MR) is 117 cm³/mol. The maximum absolute atomic E-state index is 12.5. The van der Waals surface area contributed by atoms with Gasteiger partial charge >= 0.3 is 5.97 Å². The van der Waals surface area contributed by atoms with Crippen molar-refractivity contribution in [2.24, 2.45) is 17.6 Å². The first-order valence-electron chi connectivity index (χ1n) is 11.2. The topological polar surface area (TPSA) is 156 Å².